The van der Waals surface area contributed by atoms with Crippen molar-refractivity contribution in [2.75, 3.05) is 25.2 Å². The van der Waals surface area contributed by atoms with E-state index >= 15 is 0 Å². The Labute approximate surface area is 116 Å². The Morgan fingerprint density at radius 2 is 2.21 bits per heavy atom. The molecule has 1 aromatic carbocycles. The first kappa shape index (κ1) is 13.7. The summed E-state index contributed by atoms with van der Waals surface area (Å²) >= 11 is 6.19. The Morgan fingerprint density at radius 3 is 2.84 bits per heavy atom. The van der Waals surface area contributed by atoms with Crippen LogP contribution in [0.15, 0.2) is 6.07 Å². The van der Waals surface area contributed by atoms with E-state index in [1.165, 1.54) is 12.0 Å². The minimum absolute atomic E-state index is 0.0928. The normalized spacial score (nSPS) is 13.9. The second-order valence-corrected chi connectivity index (χ2v) is 4.70. The third-order valence-corrected chi connectivity index (χ3v) is 3.63. The summed E-state index contributed by atoms with van der Waals surface area (Å²) in [5, 5.41) is 0.562. The van der Waals surface area contributed by atoms with E-state index in [-0.39, 0.29) is 19.1 Å². The van der Waals surface area contributed by atoms with Crippen LogP contribution < -0.4 is 9.64 Å². The lowest BCUT2D eigenvalue weighted by Gasteiger charge is -2.30. The van der Waals surface area contributed by atoms with Crippen molar-refractivity contribution in [3.05, 3.63) is 22.2 Å². The number of benzene rings is 1. The molecule has 19 heavy (non-hydrogen) atoms. The molecule has 6 heteroatoms. The molecule has 0 spiro atoms. The highest BCUT2D eigenvalue weighted by molar-refractivity contribution is 6.32. The number of halogens is 1. The van der Waals surface area contributed by atoms with Gasteiger partial charge in [-0.1, -0.05) is 11.6 Å². The first-order valence-electron chi connectivity index (χ1n) is 5.75. The molecule has 1 aliphatic heterocycles. The third-order valence-electron chi connectivity index (χ3n) is 3.05. The van der Waals surface area contributed by atoms with Crippen LogP contribution >= 0.6 is 11.6 Å². The monoisotopic (exact) mass is 283 g/mol. The standard InChI is InChI=1S/C13H14ClNO4/c1-7-4-9-13(8(2)12(7)14)15(5-11(17)18-3)10(16)6-19-9/h4H,5-6H2,1-3H3. The van der Waals surface area contributed by atoms with Gasteiger partial charge in [-0.25, -0.2) is 0 Å². The number of hydrogen-bond acceptors (Lipinski definition) is 4. The van der Waals surface area contributed by atoms with Gasteiger partial charge in [0.1, 0.15) is 12.3 Å². The number of anilines is 1. The van der Waals surface area contributed by atoms with Crippen LogP contribution in [0.1, 0.15) is 11.1 Å². The van der Waals surface area contributed by atoms with E-state index in [0.29, 0.717) is 22.0 Å². The summed E-state index contributed by atoms with van der Waals surface area (Å²) in [6.07, 6.45) is 0. The van der Waals surface area contributed by atoms with Crippen molar-refractivity contribution in [1.82, 2.24) is 0 Å². The molecule has 1 aromatic rings. The summed E-state index contributed by atoms with van der Waals surface area (Å²) in [5.74, 6) is -0.221. The van der Waals surface area contributed by atoms with Gasteiger partial charge in [-0.15, -0.1) is 0 Å². The van der Waals surface area contributed by atoms with Crippen LogP contribution in [-0.2, 0) is 14.3 Å². The molecule has 102 valence electrons. The zero-order valence-corrected chi connectivity index (χ0v) is 11.7. The molecule has 1 amide bonds. The lowest BCUT2D eigenvalue weighted by atomic mass is 10.1. The molecule has 5 nitrogen and oxygen atoms in total. The largest absolute Gasteiger partial charge is 0.482 e. The highest BCUT2D eigenvalue weighted by Gasteiger charge is 2.30. The molecule has 0 radical (unpaired) electrons. The van der Waals surface area contributed by atoms with Crippen LogP contribution in [0, 0.1) is 13.8 Å². The molecule has 0 unspecified atom stereocenters. The molecule has 1 aliphatic rings. The van der Waals surface area contributed by atoms with E-state index < -0.39 is 5.97 Å². The molecule has 0 saturated heterocycles. The summed E-state index contributed by atoms with van der Waals surface area (Å²) in [5.41, 5.74) is 2.12. The number of amides is 1. The van der Waals surface area contributed by atoms with Crippen LogP contribution in [0.3, 0.4) is 0 Å². The van der Waals surface area contributed by atoms with Crippen molar-refractivity contribution >= 4 is 29.2 Å². The van der Waals surface area contributed by atoms with Gasteiger partial charge in [-0.3, -0.25) is 14.5 Å². The molecule has 0 aromatic heterocycles. The van der Waals surface area contributed by atoms with Crippen molar-refractivity contribution < 1.29 is 19.1 Å². The lowest BCUT2D eigenvalue weighted by Crippen LogP contribution is -2.42. The first-order chi connectivity index (χ1) is 8.95. The van der Waals surface area contributed by atoms with E-state index in [9.17, 15) is 9.59 Å². The quantitative estimate of drug-likeness (QED) is 0.778. The number of ether oxygens (including phenoxy) is 2. The fourth-order valence-corrected chi connectivity index (χ4v) is 2.21. The minimum atomic E-state index is -0.489. The maximum Gasteiger partial charge on any atom is 0.325 e. The summed E-state index contributed by atoms with van der Waals surface area (Å²) in [4.78, 5) is 24.7. The van der Waals surface area contributed by atoms with Crippen molar-refractivity contribution in [2.24, 2.45) is 0 Å². The highest BCUT2D eigenvalue weighted by Crippen LogP contribution is 2.40. The maximum absolute atomic E-state index is 11.9. The van der Waals surface area contributed by atoms with E-state index in [2.05, 4.69) is 4.74 Å². The average molecular weight is 284 g/mol. The lowest BCUT2D eigenvalue weighted by molar-refractivity contribution is -0.140. The molecule has 0 atom stereocenters. The van der Waals surface area contributed by atoms with Crippen LogP contribution in [-0.4, -0.2) is 32.1 Å². The number of rotatable bonds is 2. The molecule has 0 aliphatic carbocycles. The second kappa shape index (κ2) is 5.09. The van der Waals surface area contributed by atoms with Gasteiger partial charge < -0.3 is 9.47 Å². The Morgan fingerprint density at radius 1 is 1.53 bits per heavy atom. The van der Waals surface area contributed by atoms with Gasteiger partial charge in [0.15, 0.2) is 6.61 Å². The third kappa shape index (κ3) is 2.38. The number of hydrogen-bond donors (Lipinski definition) is 0. The second-order valence-electron chi connectivity index (χ2n) is 4.32. The fraction of sp³-hybridized carbons (Fsp3) is 0.385. The summed E-state index contributed by atoms with van der Waals surface area (Å²) in [6.45, 7) is 3.41. The molecule has 0 fully saturated rings. The first-order valence-corrected chi connectivity index (χ1v) is 6.13. The minimum Gasteiger partial charge on any atom is -0.482 e. The molecule has 0 saturated carbocycles. The SMILES string of the molecule is COC(=O)CN1C(=O)COc2cc(C)c(Cl)c(C)c21. The van der Waals surface area contributed by atoms with Gasteiger partial charge in [0, 0.05) is 5.02 Å². The number of nitrogens with zero attached hydrogens (tertiary/aromatic N) is 1. The highest BCUT2D eigenvalue weighted by atomic mass is 35.5. The van der Waals surface area contributed by atoms with Crippen LogP contribution in [0.25, 0.3) is 0 Å². The maximum atomic E-state index is 11.9. The van der Waals surface area contributed by atoms with E-state index in [1.54, 1.807) is 13.0 Å². The van der Waals surface area contributed by atoms with E-state index in [0.717, 1.165) is 5.56 Å². The van der Waals surface area contributed by atoms with Crippen molar-refractivity contribution in [1.29, 1.82) is 0 Å². The van der Waals surface area contributed by atoms with Gasteiger partial charge in [0.2, 0.25) is 0 Å². The van der Waals surface area contributed by atoms with Gasteiger partial charge >= 0.3 is 5.97 Å². The van der Waals surface area contributed by atoms with Gasteiger partial charge in [0.05, 0.1) is 12.8 Å². The van der Waals surface area contributed by atoms with Gasteiger partial charge in [-0.2, -0.15) is 0 Å². The Hall–Kier alpha value is -1.75. The summed E-state index contributed by atoms with van der Waals surface area (Å²) in [6, 6.07) is 1.77. The van der Waals surface area contributed by atoms with Crippen molar-refractivity contribution in [2.45, 2.75) is 13.8 Å². The van der Waals surface area contributed by atoms with Gasteiger partial charge in [-0.05, 0) is 31.0 Å². The fourth-order valence-electron chi connectivity index (χ4n) is 2.06. The van der Waals surface area contributed by atoms with Gasteiger partial charge in [0.25, 0.3) is 5.91 Å². The Kier molecular flexibility index (Phi) is 3.66. The van der Waals surface area contributed by atoms with E-state index in [4.69, 9.17) is 16.3 Å². The number of methoxy groups -OCH3 is 1. The number of carbonyl (C=O) groups excluding carboxylic acids is 2. The molecular formula is C13H14ClNO4. The number of aryl methyl sites for hydroxylation is 1. The Balaban J connectivity index is 2.51. The topological polar surface area (TPSA) is 55.8 Å². The molecule has 1 heterocycles. The predicted molar refractivity (Wildman–Crippen MR) is 70.8 cm³/mol. The Bertz CT molecular complexity index is 556. The van der Waals surface area contributed by atoms with E-state index in [1.807, 2.05) is 6.92 Å². The number of carbonyl (C=O) groups is 2. The molecule has 0 N–H and O–H groups in total. The zero-order chi connectivity index (χ0) is 14.2. The molecule has 2 rings (SSSR count). The van der Waals surface area contributed by atoms with Crippen LogP contribution in [0.5, 0.6) is 5.75 Å². The molecular weight excluding hydrogens is 270 g/mol. The zero-order valence-electron chi connectivity index (χ0n) is 10.9. The van der Waals surface area contributed by atoms with Crippen molar-refractivity contribution in [3.8, 4) is 5.75 Å². The van der Waals surface area contributed by atoms with Crippen LogP contribution in [0.4, 0.5) is 5.69 Å². The summed E-state index contributed by atoms with van der Waals surface area (Å²) < 4.78 is 10.00. The smallest absolute Gasteiger partial charge is 0.325 e. The summed E-state index contributed by atoms with van der Waals surface area (Å²) in [7, 11) is 1.28. The van der Waals surface area contributed by atoms with Crippen molar-refractivity contribution in [3.63, 3.8) is 0 Å². The van der Waals surface area contributed by atoms with Crippen LogP contribution in [0.2, 0.25) is 5.02 Å². The number of fused-ring (bicyclic) bond motifs is 1. The average Bonchev–Trinajstić information content (AvgIpc) is 2.39. The molecule has 0 bridgehead atoms. The number of esters is 1. The predicted octanol–water partition coefficient (Wildman–Crippen LogP) is 1.86.